The maximum absolute atomic E-state index is 13.0. The van der Waals surface area contributed by atoms with Crippen LogP contribution in [0, 0.1) is 5.82 Å². The molecule has 28 heavy (non-hydrogen) atoms. The highest BCUT2D eigenvalue weighted by molar-refractivity contribution is 7.92. The quantitative estimate of drug-likeness (QED) is 0.534. The van der Waals surface area contributed by atoms with Gasteiger partial charge in [0.15, 0.2) is 0 Å². The van der Waals surface area contributed by atoms with Crippen LogP contribution >= 0.6 is 0 Å². The van der Waals surface area contributed by atoms with E-state index in [1.807, 2.05) is 0 Å². The van der Waals surface area contributed by atoms with Crippen LogP contribution in [0.25, 0.3) is 0 Å². The first-order chi connectivity index (χ1) is 13.2. The molecule has 0 radical (unpaired) electrons. The Morgan fingerprint density at radius 2 is 1.64 bits per heavy atom. The molecule has 0 amide bonds. The van der Waals surface area contributed by atoms with Crippen LogP contribution in [-0.2, 0) is 29.1 Å². The normalized spacial score (nSPS) is 11.5. The van der Waals surface area contributed by atoms with Crippen LogP contribution in [0.3, 0.4) is 0 Å². The molecule has 2 aromatic rings. The van der Waals surface area contributed by atoms with Crippen molar-refractivity contribution in [3.63, 3.8) is 0 Å². The number of esters is 2. The van der Waals surface area contributed by atoms with E-state index in [9.17, 15) is 22.4 Å². The SMILES string of the molecule is COC(=O)/C=C(/Nc1cccc(NS(=O)(=O)c2ccc(F)cc2)c1)C(=O)OC. The number of carbonyl (C=O) groups is 2. The van der Waals surface area contributed by atoms with Crippen molar-refractivity contribution >= 4 is 33.3 Å². The first kappa shape index (κ1) is 20.9. The Bertz CT molecular complexity index is 1000. The van der Waals surface area contributed by atoms with Crippen molar-refractivity contribution in [3.05, 3.63) is 66.1 Å². The van der Waals surface area contributed by atoms with Crippen LogP contribution in [0.5, 0.6) is 0 Å². The van der Waals surface area contributed by atoms with Gasteiger partial charge in [0.2, 0.25) is 0 Å². The van der Waals surface area contributed by atoms with Crippen LogP contribution in [-0.4, -0.2) is 34.6 Å². The number of hydrogen-bond acceptors (Lipinski definition) is 7. The molecule has 0 saturated heterocycles. The predicted octanol–water partition coefficient (Wildman–Crippen LogP) is 2.27. The highest BCUT2D eigenvalue weighted by Gasteiger charge is 2.16. The highest BCUT2D eigenvalue weighted by atomic mass is 32.2. The summed E-state index contributed by atoms with van der Waals surface area (Å²) in [5, 5.41) is 2.67. The van der Waals surface area contributed by atoms with E-state index in [-0.39, 0.29) is 16.3 Å². The molecule has 8 nitrogen and oxygen atoms in total. The number of halogens is 1. The minimum Gasteiger partial charge on any atom is -0.466 e. The van der Waals surface area contributed by atoms with Crippen molar-refractivity contribution in [2.45, 2.75) is 4.90 Å². The number of sulfonamides is 1. The Labute approximate surface area is 161 Å². The summed E-state index contributed by atoms with van der Waals surface area (Å²) in [5.74, 6) is -2.15. The van der Waals surface area contributed by atoms with Gasteiger partial charge in [0.1, 0.15) is 11.5 Å². The van der Waals surface area contributed by atoms with Gasteiger partial charge in [-0.25, -0.2) is 22.4 Å². The van der Waals surface area contributed by atoms with Crippen LogP contribution < -0.4 is 10.0 Å². The van der Waals surface area contributed by atoms with Gasteiger partial charge in [0.25, 0.3) is 10.0 Å². The average molecular weight is 408 g/mol. The van der Waals surface area contributed by atoms with Crippen LogP contribution in [0.2, 0.25) is 0 Å². The molecule has 0 aromatic heterocycles. The van der Waals surface area contributed by atoms with Crippen molar-refractivity contribution in [1.82, 2.24) is 0 Å². The van der Waals surface area contributed by atoms with Gasteiger partial charge in [0, 0.05) is 5.69 Å². The number of anilines is 2. The molecule has 2 aromatic carbocycles. The summed E-state index contributed by atoms with van der Waals surface area (Å²) in [7, 11) is -1.65. The summed E-state index contributed by atoms with van der Waals surface area (Å²) in [5.41, 5.74) is 0.282. The molecular weight excluding hydrogens is 391 g/mol. The molecule has 0 saturated carbocycles. The van der Waals surface area contributed by atoms with Gasteiger partial charge >= 0.3 is 11.9 Å². The van der Waals surface area contributed by atoms with Crippen molar-refractivity contribution < 1.29 is 31.9 Å². The number of ether oxygens (including phenoxy) is 2. The van der Waals surface area contributed by atoms with Gasteiger partial charge in [0.05, 0.1) is 30.9 Å². The number of rotatable bonds is 7. The van der Waals surface area contributed by atoms with E-state index >= 15 is 0 Å². The molecule has 148 valence electrons. The van der Waals surface area contributed by atoms with Gasteiger partial charge in [-0.1, -0.05) is 6.07 Å². The van der Waals surface area contributed by atoms with Crippen LogP contribution in [0.15, 0.2) is 65.2 Å². The van der Waals surface area contributed by atoms with E-state index in [1.54, 1.807) is 6.07 Å². The van der Waals surface area contributed by atoms with Gasteiger partial charge in [-0.15, -0.1) is 0 Å². The summed E-state index contributed by atoms with van der Waals surface area (Å²) < 4.78 is 49.2. The topological polar surface area (TPSA) is 111 Å². The first-order valence-corrected chi connectivity index (χ1v) is 9.27. The molecule has 0 spiro atoms. The predicted molar refractivity (Wildman–Crippen MR) is 99.4 cm³/mol. The average Bonchev–Trinajstić information content (AvgIpc) is 2.67. The summed E-state index contributed by atoms with van der Waals surface area (Å²) in [4.78, 5) is 23.1. The molecule has 0 aliphatic carbocycles. The fourth-order valence-corrected chi connectivity index (χ4v) is 3.13. The largest absolute Gasteiger partial charge is 0.466 e. The van der Waals surface area contributed by atoms with Crippen molar-refractivity contribution in [3.8, 4) is 0 Å². The second-order valence-electron chi connectivity index (χ2n) is 5.34. The number of methoxy groups -OCH3 is 2. The lowest BCUT2D eigenvalue weighted by atomic mass is 10.2. The standard InChI is InChI=1S/C18H17FN2O6S/c1-26-17(22)11-16(18(23)27-2)20-13-4-3-5-14(10-13)21-28(24,25)15-8-6-12(19)7-9-15/h3-11,20-21H,1-2H3/b16-11+. The van der Waals surface area contributed by atoms with E-state index in [0.29, 0.717) is 5.69 Å². The zero-order valence-electron chi connectivity index (χ0n) is 14.9. The van der Waals surface area contributed by atoms with Gasteiger partial charge in [-0.2, -0.15) is 0 Å². The maximum atomic E-state index is 13.0. The second-order valence-corrected chi connectivity index (χ2v) is 7.02. The lowest BCUT2D eigenvalue weighted by molar-refractivity contribution is -0.138. The summed E-state index contributed by atoms with van der Waals surface area (Å²) in [6.07, 6.45) is 0.904. The zero-order valence-corrected chi connectivity index (χ0v) is 15.7. The third kappa shape index (κ3) is 5.55. The first-order valence-electron chi connectivity index (χ1n) is 7.78. The van der Waals surface area contributed by atoms with E-state index in [4.69, 9.17) is 0 Å². The van der Waals surface area contributed by atoms with E-state index in [1.165, 1.54) is 18.2 Å². The third-order valence-electron chi connectivity index (χ3n) is 3.39. The number of carbonyl (C=O) groups excluding carboxylic acids is 2. The summed E-state index contributed by atoms with van der Waals surface area (Å²) in [6, 6.07) is 10.3. The summed E-state index contributed by atoms with van der Waals surface area (Å²) in [6.45, 7) is 0. The minimum atomic E-state index is -3.94. The van der Waals surface area contributed by atoms with E-state index in [0.717, 1.165) is 44.6 Å². The molecular formula is C18H17FN2O6S. The molecule has 2 N–H and O–H groups in total. The smallest absolute Gasteiger partial charge is 0.354 e. The fourth-order valence-electron chi connectivity index (χ4n) is 2.08. The number of nitrogens with one attached hydrogen (secondary N) is 2. The Hall–Kier alpha value is -3.40. The molecule has 0 heterocycles. The lowest BCUT2D eigenvalue weighted by Gasteiger charge is -2.12. The summed E-state index contributed by atoms with van der Waals surface area (Å²) >= 11 is 0. The molecule has 0 fully saturated rings. The Morgan fingerprint density at radius 1 is 1.00 bits per heavy atom. The minimum absolute atomic E-state index is 0.118. The monoisotopic (exact) mass is 408 g/mol. The van der Waals surface area contributed by atoms with Gasteiger partial charge in [-0.05, 0) is 42.5 Å². The van der Waals surface area contributed by atoms with Crippen LogP contribution in [0.4, 0.5) is 15.8 Å². The van der Waals surface area contributed by atoms with Crippen LogP contribution in [0.1, 0.15) is 0 Å². The molecule has 0 bridgehead atoms. The van der Waals surface area contributed by atoms with Gasteiger partial charge < -0.3 is 14.8 Å². The van der Waals surface area contributed by atoms with Crippen molar-refractivity contribution in [2.75, 3.05) is 24.3 Å². The molecule has 0 unspecified atom stereocenters. The Morgan fingerprint density at radius 3 is 2.25 bits per heavy atom. The third-order valence-corrected chi connectivity index (χ3v) is 4.78. The van der Waals surface area contributed by atoms with E-state index < -0.39 is 27.8 Å². The number of benzene rings is 2. The lowest BCUT2D eigenvalue weighted by Crippen LogP contribution is -2.16. The van der Waals surface area contributed by atoms with Crippen molar-refractivity contribution in [1.29, 1.82) is 0 Å². The fraction of sp³-hybridized carbons (Fsp3) is 0.111. The molecule has 0 aliphatic rings. The van der Waals surface area contributed by atoms with E-state index in [2.05, 4.69) is 19.5 Å². The maximum Gasteiger partial charge on any atom is 0.354 e. The Kier molecular flexibility index (Phi) is 6.72. The van der Waals surface area contributed by atoms with Crippen molar-refractivity contribution in [2.24, 2.45) is 0 Å². The molecule has 0 atom stereocenters. The number of hydrogen-bond donors (Lipinski definition) is 2. The molecule has 10 heteroatoms. The molecule has 0 aliphatic heterocycles. The molecule has 2 rings (SSSR count). The zero-order chi connectivity index (χ0) is 20.7. The second kappa shape index (κ2) is 9.00. The van der Waals surface area contributed by atoms with Gasteiger partial charge in [-0.3, -0.25) is 4.72 Å². The highest BCUT2D eigenvalue weighted by Crippen LogP contribution is 2.21. The Balaban J connectivity index is 2.25.